The summed E-state index contributed by atoms with van der Waals surface area (Å²) in [5, 5.41) is 0. The molecule has 1 nitrogen and oxygen atoms in total. The predicted octanol–water partition coefficient (Wildman–Crippen LogP) is 5.25. The lowest BCUT2D eigenvalue weighted by Gasteiger charge is -2.03. The molecule has 0 bridgehead atoms. The number of rotatable bonds is 1. The minimum atomic E-state index is -0.184. The third-order valence-corrected chi connectivity index (χ3v) is 2.12. The molecule has 0 aliphatic rings. The minimum absolute atomic E-state index is 0.184. The van der Waals surface area contributed by atoms with Crippen LogP contribution < -0.4 is 0 Å². The van der Waals surface area contributed by atoms with Crippen molar-refractivity contribution in [2.75, 3.05) is 0 Å². The maximum Gasteiger partial charge on any atom is 0.131 e. The van der Waals surface area contributed by atoms with Gasteiger partial charge in [-0.2, -0.15) is 0 Å². The van der Waals surface area contributed by atoms with Crippen molar-refractivity contribution in [1.82, 2.24) is 4.98 Å². The van der Waals surface area contributed by atoms with Gasteiger partial charge in [0.05, 0.1) is 0 Å². The molecular weight excluding hydrogens is 225 g/mol. The molecule has 0 aliphatic carbocycles. The third kappa shape index (κ3) is 4.66. The Morgan fingerprint density at radius 2 is 1.44 bits per heavy atom. The number of halogens is 1. The first-order valence-electron chi connectivity index (χ1n) is 6.44. The maximum absolute atomic E-state index is 13.5. The standard InChI is InChI=1S/C12H10FN.2C2H6/c1-9-2-3-11(12(13)8-9)10-4-6-14-7-5-10;2*1-2/h2-8H,1H3;2*1-2H3. The van der Waals surface area contributed by atoms with Gasteiger partial charge in [0.1, 0.15) is 5.82 Å². The van der Waals surface area contributed by atoms with Gasteiger partial charge < -0.3 is 0 Å². The topological polar surface area (TPSA) is 12.9 Å². The number of nitrogens with zero attached hydrogens (tertiary/aromatic N) is 1. The first-order valence-corrected chi connectivity index (χ1v) is 6.44. The Balaban J connectivity index is 0.000000659. The van der Waals surface area contributed by atoms with E-state index in [-0.39, 0.29) is 5.82 Å². The maximum atomic E-state index is 13.5. The Hall–Kier alpha value is -1.70. The minimum Gasteiger partial charge on any atom is -0.265 e. The van der Waals surface area contributed by atoms with Crippen LogP contribution in [0.1, 0.15) is 33.3 Å². The highest BCUT2D eigenvalue weighted by Crippen LogP contribution is 2.22. The van der Waals surface area contributed by atoms with Crippen molar-refractivity contribution >= 4 is 0 Å². The van der Waals surface area contributed by atoms with E-state index < -0.39 is 0 Å². The highest BCUT2D eigenvalue weighted by atomic mass is 19.1. The fourth-order valence-electron chi connectivity index (χ4n) is 1.39. The third-order valence-electron chi connectivity index (χ3n) is 2.12. The van der Waals surface area contributed by atoms with Gasteiger partial charge in [-0.15, -0.1) is 0 Å². The normalized spacial score (nSPS) is 8.56. The molecule has 0 aliphatic heterocycles. The van der Waals surface area contributed by atoms with Crippen LogP contribution in [0.4, 0.5) is 4.39 Å². The van der Waals surface area contributed by atoms with Gasteiger partial charge in [0.15, 0.2) is 0 Å². The summed E-state index contributed by atoms with van der Waals surface area (Å²) in [6, 6.07) is 8.83. The van der Waals surface area contributed by atoms with Gasteiger partial charge in [-0.25, -0.2) is 4.39 Å². The smallest absolute Gasteiger partial charge is 0.131 e. The molecule has 0 spiro atoms. The van der Waals surface area contributed by atoms with E-state index in [4.69, 9.17) is 0 Å². The summed E-state index contributed by atoms with van der Waals surface area (Å²) in [6.07, 6.45) is 3.32. The van der Waals surface area contributed by atoms with Crippen molar-refractivity contribution in [2.24, 2.45) is 0 Å². The Labute approximate surface area is 110 Å². The van der Waals surface area contributed by atoms with Gasteiger partial charge in [-0.1, -0.05) is 39.8 Å². The molecule has 2 aromatic rings. The van der Waals surface area contributed by atoms with Crippen molar-refractivity contribution in [1.29, 1.82) is 0 Å². The van der Waals surface area contributed by atoms with Crippen molar-refractivity contribution < 1.29 is 4.39 Å². The second-order valence-corrected chi connectivity index (χ2v) is 3.22. The summed E-state index contributed by atoms with van der Waals surface area (Å²) in [6.45, 7) is 9.87. The molecule has 0 fully saturated rings. The molecule has 1 aromatic carbocycles. The summed E-state index contributed by atoms with van der Waals surface area (Å²) in [5.74, 6) is -0.184. The summed E-state index contributed by atoms with van der Waals surface area (Å²) >= 11 is 0. The van der Waals surface area contributed by atoms with Crippen molar-refractivity contribution in [3.05, 3.63) is 54.1 Å². The van der Waals surface area contributed by atoms with Gasteiger partial charge >= 0.3 is 0 Å². The number of hydrogen-bond acceptors (Lipinski definition) is 1. The van der Waals surface area contributed by atoms with Crippen molar-refractivity contribution in [3.8, 4) is 11.1 Å². The van der Waals surface area contributed by atoms with Crippen LogP contribution >= 0.6 is 0 Å². The van der Waals surface area contributed by atoms with Gasteiger partial charge in [-0.05, 0) is 36.2 Å². The second-order valence-electron chi connectivity index (χ2n) is 3.22. The molecule has 0 radical (unpaired) electrons. The monoisotopic (exact) mass is 247 g/mol. The molecule has 2 rings (SSSR count). The summed E-state index contributed by atoms with van der Waals surface area (Å²) in [7, 11) is 0. The summed E-state index contributed by atoms with van der Waals surface area (Å²) in [5.41, 5.74) is 2.41. The predicted molar refractivity (Wildman–Crippen MR) is 77.1 cm³/mol. The molecule has 0 N–H and O–H groups in total. The van der Waals surface area contributed by atoms with E-state index >= 15 is 0 Å². The number of hydrogen-bond donors (Lipinski definition) is 0. The zero-order chi connectivity index (χ0) is 14.0. The van der Waals surface area contributed by atoms with E-state index in [1.165, 1.54) is 6.07 Å². The summed E-state index contributed by atoms with van der Waals surface area (Å²) in [4.78, 5) is 3.90. The van der Waals surface area contributed by atoms with Gasteiger partial charge in [0.2, 0.25) is 0 Å². The lowest BCUT2D eigenvalue weighted by Crippen LogP contribution is -1.85. The molecule has 0 unspecified atom stereocenters. The number of pyridine rings is 1. The van der Waals surface area contributed by atoms with Crippen LogP contribution in [0.25, 0.3) is 11.1 Å². The molecule has 0 amide bonds. The molecule has 2 heteroatoms. The zero-order valence-electron chi connectivity index (χ0n) is 11.9. The largest absolute Gasteiger partial charge is 0.265 e. The van der Waals surface area contributed by atoms with Crippen LogP contribution in [0.15, 0.2) is 42.7 Å². The lowest BCUT2D eigenvalue weighted by molar-refractivity contribution is 0.630. The zero-order valence-corrected chi connectivity index (χ0v) is 11.9. The number of aromatic nitrogens is 1. The van der Waals surface area contributed by atoms with E-state index in [9.17, 15) is 4.39 Å². The fourth-order valence-corrected chi connectivity index (χ4v) is 1.39. The SMILES string of the molecule is CC.CC.Cc1ccc(-c2ccncc2)c(F)c1. The Morgan fingerprint density at radius 1 is 0.889 bits per heavy atom. The molecule has 0 saturated heterocycles. The first kappa shape index (κ1) is 16.3. The van der Waals surface area contributed by atoms with Gasteiger partial charge in [0, 0.05) is 18.0 Å². The lowest BCUT2D eigenvalue weighted by atomic mass is 10.1. The average Bonchev–Trinajstić information content (AvgIpc) is 2.44. The Bertz CT molecular complexity index is 438. The van der Waals surface area contributed by atoms with Crippen LogP contribution in [0.2, 0.25) is 0 Å². The van der Waals surface area contributed by atoms with Crippen LogP contribution in [-0.4, -0.2) is 4.98 Å². The Morgan fingerprint density at radius 3 is 1.94 bits per heavy atom. The van der Waals surface area contributed by atoms with E-state index in [0.717, 1.165) is 11.1 Å². The van der Waals surface area contributed by atoms with Crippen molar-refractivity contribution in [2.45, 2.75) is 34.6 Å². The van der Waals surface area contributed by atoms with Gasteiger partial charge in [0.25, 0.3) is 0 Å². The highest BCUT2D eigenvalue weighted by molar-refractivity contribution is 5.63. The Kier molecular flexibility index (Phi) is 8.46. The average molecular weight is 247 g/mol. The van der Waals surface area contributed by atoms with Crippen LogP contribution in [0.3, 0.4) is 0 Å². The highest BCUT2D eigenvalue weighted by Gasteiger charge is 2.03. The van der Waals surface area contributed by atoms with E-state index in [0.29, 0.717) is 5.56 Å². The summed E-state index contributed by atoms with van der Waals surface area (Å²) < 4.78 is 13.5. The van der Waals surface area contributed by atoms with Crippen LogP contribution in [0.5, 0.6) is 0 Å². The van der Waals surface area contributed by atoms with Crippen LogP contribution in [0, 0.1) is 12.7 Å². The molecular formula is C16H22FN. The molecule has 1 heterocycles. The molecule has 0 saturated carbocycles. The second kappa shape index (κ2) is 9.34. The number of benzene rings is 1. The molecule has 0 atom stereocenters. The first-order chi connectivity index (χ1) is 8.77. The molecule has 1 aromatic heterocycles. The molecule has 18 heavy (non-hydrogen) atoms. The van der Waals surface area contributed by atoms with E-state index in [1.807, 2.05) is 40.7 Å². The van der Waals surface area contributed by atoms with Crippen molar-refractivity contribution in [3.63, 3.8) is 0 Å². The van der Waals surface area contributed by atoms with Gasteiger partial charge in [-0.3, -0.25) is 4.98 Å². The molecule has 98 valence electrons. The quantitative estimate of drug-likeness (QED) is 0.670. The van der Waals surface area contributed by atoms with E-state index in [2.05, 4.69) is 4.98 Å². The van der Waals surface area contributed by atoms with E-state index in [1.54, 1.807) is 30.6 Å². The number of aryl methyl sites for hydroxylation is 1. The fraction of sp³-hybridized carbons (Fsp3) is 0.312. The van der Waals surface area contributed by atoms with Crippen LogP contribution in [-0.2, 0) is 0 Å².